The smallest absolute Gasteiger partial charge is 0.309 e. The van der Waals surface area contributed by atoms with E-state index in [4.69, 9.17) is 31.2 Å². The van der Waals surface area contributed by atoms with Gasteiger partial charge in [-0.2, -0.15) is 0 Å². The number of hydrogen-bond donors (Lipinski definition) is 0. The average molecular weight is 526 g/mol. The molecule has 0 radical (unpaired) electrons. The number of thioether (sulfide) groups is 2. The van der Waals surface area contributed by atoms with Crippen LogP contribution in [0.25, 0.3) is 0 Å². The van der Waals surface area contributed by atoms with Gasteiger partial charge in [-0.3, -0.25) is 19.2 Å². The Hall–Kier alpha value is -1.37. The number of carbonyl (C=O) groups excluding carboxylic acids is 4. The first-order valence-electron chi connectivity index (χ1n) is 10.5. The molecule has 0 aromatic rings. The highest BCUT2D eigenvalue weighted by atomic mass is 32.2. The molecule has 0 aliphatic carbocycles. The lowest BCUT2D eigenvalue weighted by molar-refractivity contribution is -0.152. The van der Waals surface area contributed by atoms with Crippen molar-refractivity contribution < 1.29 is 38.1 Å². The van der Waals surface area contributed by atoms with E-state index in [0.717, 1.165) is 11.8 Å². The summed E-state index contributed by atoms with van der Waals surface area (Å²) in [5, 5.41) is -0.660. The quantitative estimate of drug-likeness (QED) is 0.136. The van der Waals surface area contributed by atoms with Gasteiger partial charge >= 0.3 is 17.9 Å². The van der Waals surface area contributed by atoms with E-state index >= 15 is 0 Å². The topological polar surface area (TPSA) is 108 Å². The molecule has 0 saturated heterocycles. The van der Waals surface area contributed by atoms with Crippen molar-refractivity contribution in [2.45, 2.75) is 38.4 Å². The van der Waals surface area contributed by atoms with Gasteiger partial charge in [0.25, 0.3) is 0 Å². The molecule has 0 heterocycles. The molecule has 1 amide bonds. The maximum absolute atomic E-state index is 12.8. The van der Waals surface area contributed by atoms with Crippen LogP contribution in [0.3, 0.4) is 0 Å². The van der Waals surface area contributed by atoms with E-state index in [-0.39, 0.29) is 44.4 Å². The summed E-state index contributed by atoms with van der Waals surface area (Å²) in [6.07, 6.45) is 0.503. The molecule has 0 rings (SSSR count). The highest BCUT2D eigenvalue weighted by Crippen LogP contribution is 2.31. The summed E-state index contributed by atoms with van der Waals surface area (Å²) in [6, 6.07) is 0. The van der Waals surface area contributed by atoms with E-state index in [1.807, 2.05) is 0 Å². The van der Waals surface area contributed by atoms with Gasteiger partial charge in [-0.15, -0.1) is 11.8 Å². The molecule has 0 aliphatic heterocycles. The zero-order valence-corrected chi connectivity index (χ0v) is 22.6. The van der Waals surface area contributed by atoms with Gasteiger partial charge < -0.3 is 23.8 Å². The summed E-state index contributed by atoms with van der Waals surface area (Å²) in [6.45, 7) is 4.02. The summed E-state index contributed by atoms with van der Waals surface area (Å²) >= 11 is 7.84. The monoisotopic (exact) mass is 525 g/mol. The molecule has 0 bridgehead atoms. The molecule has 0 aromatic heterocycles. The Labute approximate surface area is 210 Å². The average Bonchev–Trinajstić information content (AvgIpc) is 2.76. The van der Waals surface area contributed by atoms with Crippen LogP contribution in [0.15, 0.2) is 0 Å². The summed E-state index contributed by atoms with van der Waals surface area (Å²) < 4.78 is 20.3. The van der Waals surface area contributed by atoms with E-state index in [2.05, 4.69) is 0 Å². The van der Waals surface area contributed by atoms with Crippen LogP contribution >= 0.6 is 35.7 Å². The number of carbonyl (C=O) groups is 4. The molecular weight excluding hydrogens is 490 g/mol. The Morgan fingerprint density at radius 1 is 1.00 bits per heavy atom. The fourth-order valence-electron chi connectivity index (χ4n) is 2.70. The van der Waals surface area contributed by atoms with Crippen molar-refractivity contribution in [3.63, 3.8) is 0 Å². The SMILES string of the molecule is CCOC(=O)CCSC(=S)SC(CC(CC(C)C(=O)OC)C(=O)OCCOC)C(=O)N(C)C. The van der Waals surface area contributed by atoms with Crippen molar-refractivity contribution in [2.24, 2.45) is 11.8 Å². The van der Waals surface area contributed by atoms with Gasteiger partial charge in [0.2, 0.25) is 5.91 Å². The number of nitrogens with zero attached hydrogens (tertiary/aromatic N) is 1. The van der Waals surface area contributed by atoms with Gasteiger partial charge in [-0.05, 0) is 19.8 Å². The Morgan fingerprint density at radius 3 is 2.21 bits per heavy atom. The maximum atomic E-state index is 12.8. The fourth-order valence-corrected chi connectivity index (χ4v) is 5.48. The van der Waals surface area contributed by atoms with Crippen LogP contribution in [0.4, 0.5) is 0 Å². The van der Waals surface area contributed by atoms with Crippen LogP contribution in [0, 0.1) is 11.8 Å². The molecule has 3 unspecified atom stereocenters. The number of amides is 1. The predicted octanol–water partition coefficient (Wildman–Crippen LogP) is 2.54. The van der Waals surface area contributed by atoms with E-state index in [0.29, 0.717) is 15.9 Å². The molecule has 0 fully saturated rings. The third-order valence-electron chi connectivity index (χ3n) is 4.39. The Kier molecular flexibility index (Phi) is 17.3. The molecule has 12 heteroatoms. The number of esters is 3. The van der Waals surface area contributed by atoms with E-state index in [1.54, 1.807) is 27.9 Å². The van der Waals surface area contributed by atoms with Crippen molar-refractivity contribution in [2.75, 3.05) is 53.9 Å². The summed E-state index contributed by atoms with van der Waals surface area (Å²) in [5.74, 6) is -2.33. The maximum Gasteiger partial charge on any atom is 0.309 e. The summed E-state index contributed by atoms with van der Waals surface area (Å²) in [7, 11) is 6.02. The lowest BCUT2D eigenvalue weighted by atomic mass is 9.91. The minimum absolute atomic E-state index is 0.0694. The Morgan fingerprint density at radius 2 is 1.67 bits per heavy atom. The largest absolute Gasteiger partial charge is 0.469 e. The second-order valence-corrected chi connectivity index (χ2v) is 10.7. The van der Waals surface area contributed by atoms with E-state index < -0.39 is 29.0 Å². The third kappa shape index (κ3) is 13.8. The predicted molar refractivity (Wildman–Crippen MR) is 133 cm³/mol. The molecule has 0 spiro atoms. The first-order chi connectivity index (χ1) is 15.6. The number of thiocarbonyl (C=S) groups is 1. The Bertz CT molecular complexity index is 659. The number of methoxy groups -OCH3 is 2. The fraction of sp³-hybridized carbons (Fsp3) is 0.762. The van der Waals surface area contributed by atoms with Crippen LogP contribution < -0.4 is 0 Å². The molecule has 0 N–H and O–H groups in total. The number of ether oxygens (including phenoxy) is 4. The van der Waals surface area contributed by atoms with Crippen molar-refractivity contribution >= 4 is 63.1 Å². The molecular formula is C21H35NO8S3. The lowest BCUT2D eigenvalue weighted by Gasteiger charge is -2.25. The van der Waals surface area contributed by atoms with Crippen molar-refractivity contribution in [1.82, 2.24) is 4.90 Å². The summed E-state index contributed by atoms with van der Waals surface area (Å²) in [5.41, 5.74) is 0. The van der Waals surface area contributed by atoms with Crippen LogP contribution in [-0.2, 0) is 38.1 Å². The summed E-state index contributed by atoms with van der Waals surface area (Å²) in [4.78, 5) is 50.4. The number of rotatable bonds is 15. The minimum Gasteiger partial charge on any atom is -0.469 e. The minimum atomic E-state index is -0.718. The van der Waals surface area contributed by atoms with Crippen LogP contribution in [0.2, 0.25) is 0 Å². The normalized spacial score (nSPS) is 13.4. The zero-order valence-electron chi connectivity index (χ0n) is 20.1. The second kappa shape index (κ2) is 18.0. The molecule has 3 atom stereocenters. The molecule has 0 aromatic carbocycles. The standard InChI is InChI=1S/C21H35NO8S3/c1-7-29-17(23)8-11-32-21(31)33-16(18(24)22(3)4)13-15(12-14(2)19(25)28-6)20(26)30-10-9-27-5/h14-16H,7-13H2,1-6H3. The highest BCUT2D eigenvalue weighted by molar-refractivity contribution is 8.47. The lowest BCUT2D eigenvalue weighted by Crippen LogP contribution is -2.36. The van der Waals surface area contributed by atoms with E-state index in [9.17, 15) is 19.2 Å². The van der Waals surface area contributed by atoms with Crippen LogP contribution in [0.1, 0.15) is 33.1 Å². The van der Waals surface area contributed by atoms with Crippen molar-refractivity contribution in [3.8, 4) is 0 Å². The van der Waals surface area contributed by atoms with Gasteiger partial charge in [-0.25, -0.2) is 0 Å². The molecule has 0 aliphatic rings. The Balaban J connectivity index is 5.34. The van der Waals surface area contributed by atoms with Crippen molar-refractivity contribution in [3.05, 3.63) is 0 Å². The van der Waals surface area contributed by atoms with Gasteiger partial charge in [0.1, 0.15) is 10.1 Å². The van der Waals surface area contributed by atoms with Crippen molar-refractivity contribution in [1.29, 1.82) is 0 Å². The molecule has 190 valence electrons. The first kappa shape index (κ1) is 31.6. The van der Waals surface area contributed by atoms with Gasteiger partial charge in [-0.1, -0.05) is 30.9 Å². The van der Waals surface area contributed by atoms with Gasteiger partial charge in [0.05, 0.1) is 43.8 Å². The third-order valence-corrected chi connectivity index (χ3v) is 7.19. The van der Waals surface area contributed by atoms with E-state index in [1.165, 1.54) is 30.9 Å². The second-order valence-electron chi connectivity index (χ2n) is 7.25. The van der Waals surface area contributed by atoms with Crippen LogP contribution in [-0.4, -0.2) is 91.4 Å². The number of hydrogen-bond acceptors (Lipinski definition) is 11. The van der Waals surface area contributed by atoms with Gasteiger partial charge in [0, 0.05) is 27.0 Å². The first-order valence-corrected chi connectivity index (χ1v) is 12.8. The molecule has 33 heavy (non-hydrogen) atoms. The zero-order chi connectivity index (χ0) is 25.4. The van der Waals surface area contributed by atoms with Crippen LogP contribution in [0.5, 0.6) is 0 Å². The van der Waals surface area contributed by atoms with Gasteiger partial charge in [0.15, 0.2) is 0 Å². The highest BCUT2D eigenvalue weighted by Gasteiger charge is 2.33. The molecule has 9 nitrogen and oxygen atoms in total. The molecule has 0 saturated carbocycles.